The van der Waals surface area contributed by atoms with Gasteiger partial charge in [0.1, 0.15) is 17.0 Å². The Hall–Kier alpha value is -2.27. The number of benzene rings is 1. The summed E-state index contributed by atoms with van der Waals surface area (Å²) < 4.78 is 0. The minimum Gasteiger partial charge on any atom is -0.356 e. The fourth-order valence-corrected chi connectivity index (χ4v) is 4.25. The van der Waals surface area contributed by atoms with Crippen LogP contribution in [0.1, 0.15) is 28.1 Å². The van der Waals surface area contributed by atoms with Crippen molar-refractivity contribution in [3.05, 3.63) is 53.2 Å². The Kier molecular flexibility index (Phi) is 4.02. The third-order valence-electron chi connectivity index (χ3n) is 4.66. The first-order valence-electron chi connectivity index (χ1n) is 8.28. The van der Waals surface area contributed by atoms with Crippen molar-refractivity contribution in [3.63, 3.8) is 0 Å². The lowest BCUT2D eigenvalue weighted by molar-refractivity contribution is 0.0900. The van der Waals surface area contributed by atoms with Crippen LogP contribution in [0.4, 0.5) is 5.82 Å². The molecule has 4 nitrogen and oxygen atoms in total. The summed E-state index contributed by atoms with van der Waals surface area (Å²) in [7, 11) is 0. The lowest BCUT2D eigenvalue weighted by Crippen LogP contribution is -2.37. The van der Waals surface area contributed by atoms with Gasteiger partial charge in [-0.15, -0.1) is 11.3 Å². The van der Waals surface area contributed by atoms with E-state index in [1.807, 2.05) is 30.3 Å². The molecule has 1 saturated heterocycles. The second-order valence-corrected chi connectivity index (χ2v) is 7.50. The predicted octanol–water partition coefficient (Wildman–Crippen LogP) is 4.10. The molecular formula is C19H19N3OS. The summed E-state index contributed by atoms with van der Waals surface area (Å²) in [4.78, 5) is 26.1. The Balaban J connectivity index is 1.51. The molecule has 3 heterocycles. The number of carbonyl (C=O) groups excluding carboxylic acids is 1. The van der Waals surface area contributed by atoms with E-state index in [0.29, 0.717) is 0 Å². The number of anilines is 1. The van der Waals surface area contributed by atoms with Gasteiger partial charge in [-0.2, -0.15) is 0 Å². The number of Topliss-reactive ketones (excluding diaryl/α,β-unsaturated/α-hetero) is 1. The van der Waals surface area contributed by atoms with Gasteiger partial charge in [-0.25, -0.2) is 9.97 Å². The van der Waals surface area contributed by atoms with Gasteiger partial charge >= 0.3 is 0 Å². The predicted molar refractivity (Wildman–Crippen MR) is 97.9 cm³/mol. The van der Waals surface area contributed by atoms with E-state index in [9.17, 15) is 4.79 Å². The van der Waals surface area contributed by atoms with Crippen molar-refractivity contribution in [2.24, 2.45) is 5.92 Å². The molecule has 0 unspecified atom stereocenters. The van der Waals surface area contributed by atoms with E-state index in [1.54, 1.807) is 17.7 Å². The van der Waals surface area contributed by atoms with E-state index < -0.39 is 0 Å². The number of hydrogen-bond acceptors (Lipinski definition) is 5. The summed E-state index contributed by atoms with van der Waals surface area (Å²) in [5, 5.41) is 1.13. The summed E-state index contributed by atoms with van der Waals surface area (Å²) in [6.07, 6.45) is 3.40. The largest absolute Gasteiger partial charge is 0.356 e. The molecule has 2 aromatic heterocycles. The van der Waals surface area contributed by atoms with Crippen LogP contribution >= 0.6 is 11.3 Å². The molecule has 1 aliphatic heterocycles. The third-order valence-corrected chi connectivity index (χ3v) is 5.61. The molecule has 0 amide bonds. The van der Waals surface area contributed by atoms with Crippen molar-refractivity contribution in [3.8, 4) is 0 Å². The molecule has 0 N–H and O–H groups in total. The Morgan fingerprint density at radius 3 is 2.67 bits per heavy atom. The van der Waals surface area contributed by atoms with Crippen LogP contribution in [-0.4, -0.2) is 28.8 Å². The van der Waals surface area contributed by atoms with Crippen LogP contribution in [0.3, 0.4) is 0 Å². The first-order chi connectivity index (χ1) is 11.7. The second-order valence-electron chi connectivity index (χ2n) is 6.26. The number of rotatable bonds is 3. The highest BCUT2D eigenvalue weighted by atomic mass is 32.1. The first-order valence-corrected chi connectivity index (χ1v) is 9.09. The number of carbonyl (C=O) groups is 1. The number of fused-ring (bicyclic) bond motifs is 1. The summed E-state index contributed by atoms with van der Waals surface area (Å²) in [6.45, 7) is 3.83. The number of aromatic nitrogens is 2. The molecule has 1 aliphatic rings. The molecule has 24 heavy (non-hydrogen) atoms. The molecule has 0 bridgehead atoms. The van der Waals surface area contributed by atoms with Gasteiger partial charge in [-0.05, 0) is 25.8 Å². The zero-order valence-corrected chi connectivity index (χ0v) is 14.4. The maximum atomic E-state index is 12.6. The molecule has 0 radical (unpaired) electrons. The fraction of sp³-hybridized carbons (Fsp3) is 0.316. The Bertz CT molecular complexity index is 867. The highest BCUT2D eigenvalue weighted by Crippen LogP contribution is 2.32. The summed E-state index contributed by atoms with van der Waals surface area (Å²) >= 11 is 1.70. The molecule has 0 atom stereocenters. The van der Waals surface area contributed by atoms with E-state index in [2.05, 4.69) is 27.9 Å². The van der Waals surface area contributed by atoms with E-state index in [-0.39, 0.29) is 11.7 Å². The van der Waals surface area contributed by atoms with Crippen molar-refractivity contribution in [2.45, 2.75) is 19.8 Å². The van der Waals surface area contributed by atoms with E-state index in [1.165, 1.54) is 4.88 Å². The second kappa shape index (κ2) is 6.32. The van der Waals surface area contributed by atoms with Gasteiger partial charge in [0, 0.05) is 29.4 Å². The van der Waals surface area contributed by atoms with Crippen LogP contribution in [0, 0.1) is 12.8 Å². The molecule has 0 saturated carbocycles. The average molecular weight is 337 g/mol. The lowest BCUT2D eigenvalue weighted by Gasteiger charge is -2.32. The Labute approximate surface area is 145 Å². The number of nitrogens with zero attached hydrogens (tertiary/aromatic N) is 3. The fourth-order valence-electron chi connectivity index (χ4n) is 3.41. The molecule has 122 valence electrons. The van der Waals surface area contributed by atoms with Crippen molar-refractivity contribution in [1.82, 2.24) is 9.97 Å². The van der Waals surface area contributed by atoms with Crippen molar-refractivity contribution in [2.75, 3.05) is 18.0 Å². The van der Waals surface area contributed by atoms with Gasteiger partial charge in [-0.3, -0.25) is 4.79 Å². The lowest BCUT2D eigenvalue weighted by atomic mass is 9.89. The van der Waals surface area contributed by atoms with Crippen molar-refractivity contribution in [1.29, 1.82) is 0 Å². The monoisotopic (exact) mass is 337 g/mol. The molecule has 3 aromatic rings. The van der Waals surface area contributed by atoms with Crippen LogP contribution in [0.2, 0.25) is 0 Å². The van der Waals surface area contributed by atoms with Gasteiger partial charge in [0.25, 0.3) is 0 Å². The SMILES string of the molecule is Cc1cc2c(N3CCC(C(=O)c4ccccc4)CC3)ncnc2s1. The van der Waals surface area contributed by atoms with Crippen molar-refractivity contribution < 1.29 is 4.79 Å². The Morgan fingerprint density at radius 1 is 1.17 bits per heavy atom. The standard InChI is InChI=1S/C19H19N3OS/c1-13-11-16-18(20-12-21-19(16)24-13)22-9-7-15(8-10-22)17(23)14-5-3-2-4-6-14/h2-6,11-12,15H,7-10H2,1H3. The molecule has 0 aliphatic carbocycles. The molecule has 1 fully saturated rings. The topological polar surface area (TPSA) is 46.1 Å². The molecule has 1 aromatic carbocycles. The number of piperidine rings is 1. The maximum absolute atomic E-state index is 12.6. The maximum Gasteiger partial charge on any atom is 0.166 e. The van der Waals surface area contributed by atoms with E-state index in [4.69, 9.17) is 0 Å². The molecule has 4 rings (SSSR count). The van der Waals surface area contributed by atoms with Gasteiger partial charge in [0.2, 0.25) is 0 Å². The van der Waals surface area contributed by atoms with Crippen LogP contribution in [0.5, 0.6) is 0 Å². The normalized spacial score (nSPS) is 15.8. The smallest absolute Gasteiger partial charge is 0.166 e. The number of hydrogen-bond donors (Lipinski definition) is 0. The molecule has 5 heteroatoms. The number of aryl methyl sites for hydroxylation is 1. The highest BCUT2D eigenvalue weighted by Gasteiger charge is 2.27. The highest BCUT2D eigenvalue weighted by molar-refractivity contribution is 7.18. The summed E-state index contributed by atoms with van der Waals surface area (Å²) in [5.74, 6) is 1.40. The number of ketones is 1. The van der Waals surface area contributed by atoms with Gasteiger partial charge < -0.3 is 4.90 Å². The molecule has 0 spiro atoms. The van der Waals surface area contributed by atoms with Crippen LogP contribution < -0.4 is 4.90 Å². The van der Waals surface area contributed by atoms with Gasteiger partial charge in [-0.1, -0.05) is 30.3 Å². The third kappa shape index (κ3) is 2.80. The summed E-state index contributed by atoms with van der Waals surface area (Å²) in [5.41, 5.74) is 0.828. The quantitative estimate of drug-likeness (QED) is 0.675. The van der Waals surface area contributed by atoms with Crippen LogP contribution in [-0.2, 0) is 0 Å². The first kappa shape index (κ1) is 15.3. The minimum atomic E-state index is 0.116. The Morgan fingerprint density at radius 2 is 1.92 bits per heavy atom. The van der Waals surface area contributed by atoms with E-state index in [0.717, 1.165) is 47.5 Å². The van der Waals surface area contributed by atoms with Crippen LogP contribution in [0.25, 0.3) is 10.2 Å². The zero-order valence-electron chi connectivity index (χ0n) is 13.6. The number of thiophene rings is 1. The van der Waals surface area contributed by atoms with E-state index >= 15 is 0 Å². The summed E-state index contributed by atoms with van der Waals surface area (Å²) in [6, 6.07) is 11.8. The van der Waals surface area contributed by atoms with Gasteiger partial charge in [0.05, 0.1) is 5.39 Å². The van der Waals surface area contributed by atoms with Crippen LogP contribution in [0.15, 0.2) is 42.7 Å². The molecular weight excluding hydrogens is 318 g/mol. The van der Waals surface area contributed by atoms with Crippen molar-refractivity contribution >= 4 is 33.2 Å². The zero-order chi connectivity index (χ0) is 16.5. The average Bonchev–Trinajstić information content (AvgIpc) is 3.02. The minimum absolute atomic E-state index is 0.116. The van der Waals surface area contributed by atoms with Gasteiger partial charge in [0.15, 0.2) is 5.78 Å².